The van der Waals surface area contributed by atoms with Gasteiger partial charge in [0.1, 0.15) is 0 Å². The van der Waals surface area contributed by atoms with Crippen molar-refractivity contribution in [1.29, 1.82) is 0 Å². The Kier molecular flexibility index (Phi) is 6.16. The highest BCUT2D eigenvalue weighted by Gasteiger charge is 2.21. The molecule has 3 rings (SSSR count). The summed E-state index contributed by atoms with van der Waals surface area (Å²) < 4.78 is 0. The molecule has 124 valence electrons. The van der Waals surface area contributed by atoms with Crippen LogP contribution in [-0.4, -0.2) is 24.0 Å². The Hall–Kier alpha value is -1.43. The largest absolute Gasteiger partial charge is 0.316 e. The molecule has 1 aliphatic rings. The van der Waals surface area contributed by atoms with Gasteiger partial charge < -0.3 is 10.6 Å². The summed E-state index contributed by atoms with van der Waals surface area (Å²) in [6, 6.07) is 6.34. The number of halogens is 1. The van der Waals surface area contributed by atoms with Crippen LogP contribution < -0.4 is 10.6 Å². The van der Waals surface area contributed by atoms with Gasteiger partial charge in [-0.15, -0.1) is 23.7 Å². The SMILES string of the molecule is Cc1ccc(-c2csc(NC(=O)C3CCCNC3)n2)c(C)c1.Cl. The molecule has 1 fully saturated rings. The van der Waals surface area contributed by atoms with Gasteiger partial charge in [-0.2, -0.15) is 0 Å². The molecule has 2 N–H and O–H groups in total. The number of hydrogen-bond donors (Lipinski definition) is 2. The van der Waals surface area contributed by atoms with E-state index < -0.39 is 0 Å². The predicted octanol–water partition coefficient (Wildman–Crippen LogP) is 3.79. The molecule has 1 aromatic heterocycles. The van der Waals surface area contributed by atoms with Gasteiger partial charge in [0.2, 0.25) is 5.91 Å². The average molecular weight is 352 g/mol. The molecule has 1 aliphatic heterocycles. The number of hydrogen-bond acceptors (Lipinski definition) is 4. The molecule has 1 atom stereocenters. The predicted molar refractivity (Wildman–Crippen MR) is 98.5 cm³/mol. The van der Waals surface area contributed by atoms with Crippen molar-refractivity contribution >= 4 is 34.8 Å². The smallest absolute Gasteiger partial charge is 0.230 e. The molecule has 6 heteroatoms. The lowest BCUT2D eigenvalue weighted by Gasteiger charge is -2.21. The van der Waals surface area contributed by atoms with Crippen LogP contribution in [0.25, 0.3) is 11.3 Å². The fourth-order valence-electron chi connectivity index (χ4n) is 2.84. The first kappa shape index (κ1) is 17.9. The number of nitrogens with one attached hydrogen (secondary N) is 2. The number of carbonyl (C=O) groups excluding carboxylic acids is 1. The van der Waals surface area contributed by atoms with Gasteiger partial charge in [0, 0.05) is 17.5 Å². The molecule has 4 nitrogen and oxygen atoms in total. The summed E-state index contributed by atoms with van der Waals surface area (Å²) in [5.74, 6) is 0.135. The normalized spacial score (nSPS) is 17.4. The van der Waals surface area contributed by atoms with Gasteiger partial charge >= 0.3 is 0 Å². The molecule has 2 aromatic rings. The number of piperidine rings is 1. The summed E-state index contributed by atoms with van der Waals surface area (Å²) in [6.07, 6.45) is 2.01. The lowest BCUT2D eigenvalue weighted by Crippen LogP contribution is -2.37. The van der Waals surface area contributed by atoms with Gasteiger partial charge in [-0.25, -0.2) is 4.98 Å². The highest BCUT2D eigenvalue weighted by atomic mass is 35.5. The molecular weight excluding hydrogens is 330 g/mol. The molecule has 0 spiro atoms. The number of carbonyl (C=O) groups is 1. The van der Waals surface area contributed by atoms with E-state index in [2.05, 4.69) is 47.7 Å². The first-order valence-electron chi connectivity index (χ1n) is 7.68. The Labute approximate surface area is 147 Å². The van der Waals surface area contributed by atoms with Crippen molar-refractivity contribution in [1.82, 2.24) is 10.3 Å². The number of thiazole rings is 1. The summed E-state index contributed by atoms with van der Waals surface area (Å²) in [5, 5.41) is 8.92. The summed E-state index contributed by atoms with van der Waals surface area (Å²) in [4.78, 5) is 16.8. The molecule has 1 saturated heterocycles. The van der Waals surface area contributed by atoms with Crippen LogP contribution in [0.15, 0.2) is 23.6 Å². The minimum atomic E-state index is 0. The molecule has 0 saturated carbocycles. The van der Waals surface area contributed by atoms with Crippen LogP contribution in [0.3, 0.4) is 0 Å². The molecule has 1 unspecified atom stereocenters. The van der Waals surface area contributed by atoms with Crippen LogP contribution >= 0.6 is 23.7 Å². The molecule has 0 bridgehead atoms. The zero-order chi connectivity index (χ0) is 15.5. The number of rotatable bonds is 3. The van der Waals surface area contributed by atoms with Crippen LogP contribution in [0.5, 0.6) is 0 Å². The van der Waals surface area contributed by atoms with E-state index in [0.29, 0.717) is 5.13 Å². The lowest BCUT2D eigenvalue weighted by atomic mass is 9.99. The van der Waals surface area contributed by atoms with E-state index in [-0.39, 0.29) is 24.2 Å². The number of amides is 1. The summed E-state index contributed by atoms with van der Waals surface area (Å²) in [5.41, 5.74) is 4.51. The van der Waals surface area contributed by atoms with E-state index in [1.165, 1.54) is 22.5 Å². The van der Waals surface area contributed by atoms with Gasteiger partial charge in [0.15, 0.2) is 5.13 Å². The second kappa shape index (κ2) is 7.90. The van der Waals surface area contributed by atoms with Crippen LogP contribution in [0.2, 0.25) is 0 Å². The number of benzene rings is 1. The van der Waals surface area contributed by atoms with Crippen molar-refractivity contribution < 1.29 is 4.79 Å². The van der Waals surface area contributed by atoms with Gasteiger partial charge in [-0.05, 0) is 38.8 Å². The second-order valence-corrected chi connectivity index (χ2v) is 6.75. The fraction of sp³-hybridized carbons (Fsp3) is 0.412. The molecule has 2 heterocycles. The second-order valence-electron chi connectivity index (χ2n) is 5.89. The van der Waals surface area contributed by atoms with Crippen molar-refractivity contribution in [3.05, 3.63) is 34.7 Å². The summed E-state index contributed by atoms with van der Waals surface area (Å²) in [6.45, 7) is 5.95. The maximum absolute atomic E-state index is 12.2. The Bertz CT molecular complexity index is 680. The van der Waals surface area contributed by atoms with E-state index in [1.54, 1.807) is 0 Å². The maximum Gasteiger partial charge on any atom is 0.230 e. The maximum atomic E-state index is 12.2. The third kappa shape index (κ3) is 4.31. The van der Waals surface area contributed by atoms with Crippen molar-refractivity contribution in [3.63, 3.8) is 0 Å². The van der Waals surface area contributed by atoms with Gasteiger partial charge in [-0.1, -0.05) is 23.8 Å². The van der Waals surface area contributed by atoms with Crippen LogP contribution in [0, 0.1) is 19.8 Å². The molecule has 0 aliphatic carbocycles. The Morgan fingerprint density at radius 3 is 2.91 bits per heavy atom. The van der Waals surface area contributed by atoms with E-state index >= 15 is 0 Å². The molecular formula is C17H22ClN3OS. The van der Waals surface area contributed by atoms with Crippen molar-refractivity contribution in [3.8, 4) is 11.3 Å². The zero-order valence-corrected chi connectivity index (χ0v) is 15.0. The molecule has 1 amide bonds. The van der Waals surface area contributed by atoms with Crippen LogP contribution in [0.4, 0.5) is 5.13 Å². The summed E-state index contributed by atoms with van der Waals surface area (Å²) in [7, 11) is 0. The van der Waals surface area contributed by atoms with Crippen molar-refractivity contribution in [2.75, 3.05) is 18.4 Å². The van der Waals surface area contributed by atoms with Crippen molar-refractivity contribution in [2.45, 2.75) is 26.7 Å². The highest BCUT2D eigenvalue weighted by molar-refractivity contribution is 7.14. The average Bonchev–Trinajstić information content (AvgIpc) is 2.96. The van der Waals surface area contributed by atoms with Gasteiger partial charge in [-0.3, -0.25) is 4.79 Å². The lowest BCUT2D eigenvalue weighted by molar-refractivity contribution is -0.120. The third-order valence-corrected chi connectivity index (χ3v) is 4.82. The van der Waals surface area contributed by atoms with Gasteiger partial charge in [0.05, 0.1) is 11.6 Å². The number of anilines is 1. The molecule has 0 radical (unpaired) electrons. The Morgan fingerprint density at radius 1 is 1.39 bits per heavy atom. The standard InChI is InChI=1S/C17H21N3OS.ClH/c1-11-5-6-14(12(2)8-11)15-10-22-17(19-15)20-16(21)13-4-3-7-18-9-13;/h5-6,8,10,13,18H,3-4,7,9H2,1-2H3,(H,19,20,21);1H. The molecule has 23 heavy (non-hydrogen) atoms. The topological polar surface area (TPSA) is 54.0 Å². The summed E-state index contributed by atoms with van der Waals surface area (Å²) >= 11 is 1.49. The number of aromatic nitrogens is 1. The van der Waals surface area contributed by atoms with E-state index in [1.807, 2.05) is 5.38 Å². The third-order valence-electron chi connectivity index (χ3n) is 4.06. The van der Waals surface area contributed by atoms with E-state index in [9.17, 15) is 4.79 Å². The zero-order valence-electron chi connectivity index (χ0n) is 13.4. The molecule has 1 aromatic carbocycles. The Morgan fingerprint density at radius 2 is 2.22 bits per heavy atom. The van der Waals surface area contributed by atoms with Crippen LogP contribution in [-0.2, 0) is 4.79 Å². The minimum absolute atomic E-state index is 0. The quantitative estimate of drug-likeness (QED) is 0.884. The van der Waals surface area contributed by atoms with E-state index in [4.69, 9.17) is 0 Å². The van der Waals surface area contributed by atoms with Crippen LogP contribution in [0.1, 0.15) is 24.0 Å². The first-order valence-corrected chi connectivity index (χ1v) is 8.56. The number of nitrogens with zero attached hydrogens (tertiary/aromatic N) is 1. The monoisotopic (exact) mass is 351 g/mol. The minimum Gasteiger partial charge on any atom is -0.316 e. The van der Waals surface area contributed by atoms with E-state index in [0.717, 1.165) is 37.2 Å². The fourth-order valence-corrected chi connectivity index (χ4v) is 3.55. The Balaban J connectivity index is 0.00000192. The first-order chi connectivity index (χ1) is 10.6. The highest BCUT2D eigenvalue weighted by Crippen LogP contribution is 2.28. The van der Waals surface area contributed by atoms with Crippen molar-refractivity contribution in [2.24, 2.45) is 5.92 Å². The number of aryl methyl sites for hydroxylation is 2. The van der Waals surface area contributed by atoms with Gasteiger partial charge in [0.25, 0.3) is 0 Å².